The van der Waals surface area contributed by atoms with E-state index in [4.69, 9.17) is 4.42 Å². The molecule has 0 saturated heterocycles. The molecule has 1 N–H and O–H groups in total. The van der Waals surface area contributed by atoms with Crippen molar-refractivity contribution in [2.45, 2.75) is 31.3 Å². The molecule has 11 heavy (non-hydrogen) atoms. The van der Waals surface area contributed by atoms with E-state index < -0.39 is 5.60 Å². The third-order valence-corrected chi connectivity index (χ3v) is 2.26. The van der Waals surface area contributed by atoms with Crippen molar-refractivity contribution in [1.82, 2.24) is 4.98 Å². The lowest BCUT2D eigenvalue weighted by molar-refractivity contribution is 0.0165. The number of nitrogens with zero attached hydrogens (tertiary/aromatic N) is 1. The van der Waals surface area contributed by atoms with Gasteiger partial charge in [-0.2, -0.15) is 0 Å². The lowest BCUT2D eigenvalue weighted by Crippen LogP contribution is -2.20. The Bertz CT molecular complexity index is 224. The Morgan fingerprint density at radius 2 is 2.18 bits per heavy atom. The minimum absolute atomic E-state index is 0.481. The van der Waals surface area contributed by atoms with Crippen molar-refractivity contribution < 1.29 is 9.52 Å². The fourth-order valence-corrected chi connectivity index (χ4v) is 1.63. The molecule has 3 nitrogen and oxygen atoms in total. The van der Waals surface area contributed by atoms with Crippen LogP contribution in [0.1, 0.15) is 31.6 Å². The van der Waals surface area contributed by atoms with Crippen LogP contribution < -0.4 is 0 Å². The molecule has 0 radical (unpaired) electrons. The second-order valence-corrected chi connectivity index (χ2v) is 3.08. The van der Waals surface area contributed by atoms with E-state index in [0.29, 0.717) is 5.89 Å². The highest BCUT2D eigenvalue weighted by Crippen LogP contribution is 2.37. The topological polar surface area (TPSA) is 46.3 Å². The van der Waals surface area contributed by atoms with E-state index >= 15 is 0 Å². The number of aliphatic hydroxyl groups is 1. The molecule has 1 aromatic heterocycles. The van der Waals surface area contributed by atoms with Gasteiger partial charge in [-0.05, 0) is 25.7 Å². The van der Waals surface area contributed by atoms with Crippen molar-refractivity contribution >= 4 is 0 Å². The van der Waals surface area contributed by atoms with Gasteiger partial charge in [0.05, 0.1) is 6.20 Å². The van der Waals surface area contributed by atoms with Crippen LogP contribution in [0.4, 0.5) is 0 Å². The molecule has 1 aliphatic rings. The highest BCUT2D eigenvalue weighted by atomic mass is 16.4. The maximum atomic E-state index is 9.90. The van der Waals surface area contributed by atoms with Crippen LogP contribution in [0.15, 0.2) is 16.9 Å². The van der Waals surface area contributed by atoms with Crippen molar-refractivity contribution in [2.24, 2.45) is 0 Å². The molecule has 0 aliphatic heterocycles. The Hall–Kier alpha value is -0.830. The van der Waals surface area contributed by atoms with E-state index in [1.165, 1.54) is 6.26 Å². The zero-order valence-corrected chi connectivity index (χ0v) is 6.29. The molecule has 1 aliphatic carbocycles. The van der Waals surface area contributed by atoms with Crippen LogP contribution >= 0.6 is 0 Å². The third kappa shape index (κ3) is 1.05. The maximum Gasteiger partial charge on any atom is 0.226 e. The van der Waals surface area contributed by atoms with Crippen LogP contribution in [0.2, 0.25) is 0 Å². The van der Waals surface area contributed by atoms with Crippen LogP contribution in [-0.2, 0) is 5.60 Å². The molecule has 3 heteroatoms. The van der Waals surface area contributed by atoms with Crippen LogP contribution in [0.5, 0.6) is 0 Å². The summed E-state index contributed by atoms with van der Waals surface area (Å²) in [5, 5.41) is 9.90. The molecule has 0 unspecified atom stereocenters. The first-order valence-electron chi connectivity index (χ1n) is 3.94. The molecule has 1 aromatic rings. The smallest absolute Gasteiger partial charge is 0.226 e. The lowest BCUT2D eigenvalue weighted by Gasteiger charge is -2.16. The average Bonchev–Trinajstić information content (AvgIpc) is 2.55. The summed E-state index contributed by atoms with van der Waals surface area (Å²) in [6.45, 7) is 0. The van der Waals surface area contributed by atoms with Gasteiger partial charge in [0.15, 0.2) is 0 Å². The van der Waals surface area contributed by atoms with Crippen LogP contribution in [0.3, 0.4) is 0 Å². The maximum absolute atomic E-state index is 9.90. The summed E-state index contributed by atoms with van der Waals surface area (Å²) in [6, 6.07) is 0. The summed E-state index contributed by atoms with van der Waals surface area (Å²) >= 11 is 0. The molecule has 0 atom stereocenters. The van der Waals surface area contributed by atoms with Gasteiger partial charge in [-0.25, -0.2) is 4.98 Å². The van der Waals surface area contributed by atoms with Gasteiger partial charge in [0.1, 0.15) is 11.9 Å². The van der Waals surface area contributed by atoms with Crippen LogP contribution in [0.25, 0.3) is 0 Å². The molecule has 60 valence electrons. The number of oxazole rings is 1. The van der Waals surface area contributed by atoms with E-state index in [-0.39, 0.29) is 0 Å². The van der Waals surface area contributed by atoms with Gasteiger partial charge in [0.2, 0.25) is 5.89 Å². The highest BCUT2D eigenvalue weighted by molar-refractivity contribution is 5.00. The monoisotopic (exact) mass is 153 g/mol. The fourth-order valence-electron chi connectivity index (χ4n) is 1.63. The number of rotatable bonds is 1. The van der Waals surface area contributed by atoms with Crippen molar-refractivity contribution in [3.8, 4) is 0 Å². The molecule has 2 rings (SSSR count). The van der Waals surface area contributed by atoms with Gasteiger partial charge in [-0.15, -0.1) is 0 Å². The van der Waals surface area contributed by atoms with Crippen molar-refractivity contribution in [3.05, 3.63) is 18.4 Å². The van der Waals surface area contributed by atoms with Crippen LogP contribution in [-0.4, -0.2) is 10.1 Å². The van der Waals surface area contributed by atoms with Gasteiger partial charge < -0.3 is 9.52 Å². The zero-order valence-electron chi connectivity index (χ0n) is 6.29. The minimum Gasteiger partial charge on any atom is -0.446 e. The predicted molar refractivity (Wildman–Crippen MR) is 38.9 cm³/mol. The van der Waals surface area contributed by atoms with Gasteiger partial charge in [0, 0.05) is 0 Å². The zero-order chi connectivity index (χ0) is 7.73. The van der Waals surface area contributed by atoms with Crippen molar-refractivity contribution in [1.29, 1.82) is 0 Å². The predicted octanol–water partition coefficient (Wildman–Crippen LogP) is 1.44. The molecule has 0 amide bonds. The Morgan fingerprint density at radius 1 is 1.45 bits per heavy atom. The first-order chi connectivity index (χ1) is 5.31. The van der Waals surface area contributed by atoms with Gasteiger partial charge in [-0.3, -0.25) is 0 Å². The van der Waals surface area contributed by atoms with E-state index in [1.807, 2.05) is 0 Å². The Morgan fingerprint density at radius 3 is 2.73 bits per heavy atom. The molecular formula is C8H11NO2. The van der Waals surface area contributed by atoms with Gasteiger partial charge in [-0.1, -0.05) is 0 Å². The summed E-state index contributed by atoms with van der Waals surface area (Å²) in [7, 11) is 0. The van der Waals surface area contributed by atoms with Crippen molar-refractivity contribution in [3.63, 3.8) is 0 Å². The largest absolute Gasteiger partial charge is 0.446 e. The minimum atomic E-state index is -0.760. The molecule has 1 heterocycles. The standard InChI is InChI=1S/C8H11NO2/c10-8(3-1-2-4-8)7-9-5-6-11-7/h5-6,10H,1-4H2. The summed E-state index contributed by atoms with van der Waals surface area (Å²) in [4.78, 5) is 3.95. The van der Waals surface area contributed by atoms with E-state index in [0.717, 1.165) is 25.7 Å². The third-order valence-electron chi connectivity index (χ3n) is 2.26. The quantitative estimate of drug-likeness (QED) is 0.664. The van der Waals surface area contributed by atoms with Crippen LogP contribution in [0, 0.1) is 0 Å². The van der Waals surface area contributed by atoms with Crippen molar-refractivity contribution in [2.75, 3.05) is 0 Å². The number of hydrogen-bond donors (Lipinski definition) is 1. The average molecular weight is 153 g/mol. The Kier molecular flexibility index (Phi) is 1.46. The molecule has 0 bridgehead atoms. The molecule has 1 saturated carbocycles. The Labute approximate surface area is 65.1 Å². The summed E-state index contributed by atoms with van der Waals surface area (Å²) in [5.74, 6) is 0.481. The lowest BCUT2D eigenvalue weighted by atomic mass is 10.0. The highest BCUT2D eigenvalue weighted by Gasteiger charge is 2.36. The summed E-state index contributed by atoms with van der Waals surface area (Å²) < 4.78 is 5.06. The second-order valence-electron chi connectivity index (χ2n) is 3.08. The molecular weight excluding hydrogens is 142 g/mol. The molecule has 1 fully saturated rings. The normalized spacial score (nSPS) is 22.3. The fraction of sp³-hybridized carbons (Fsp3) is 0.625. The summed E-state index contributed by atoms with van der Waals surface area (Å²) in [6.07, 6.45) is 6.79. The van der Waals surface area contributed by atoms with E-state index in [9.17, 15) is 5.11 Å². The van der Waals surface area contributed by atoms with E-state index in [2.05, 4.69) is 4.98 Å². The SMILES string of the molecule is OC1(c2ncco2)CCCC1. The molecule has 0 spiro atoms. The Balaban J connectivity index is 2.27. The first-order valence-corrected chi connectivity index (χ1v) is 3.94. The number of hydrogen-bond acceptors (Lipinski definition) is 3. The number of aromatic nitrogens is 1. The van der Waals surface area contributed by atoms with E-state index in [1.54, 1.807) is 6.20 Å². The second kappa shape index (κ2) is 2.34. The molecule has 0 aromatic carbocycles. The van der Waals surface area contributed by atoms with Gasteiger partial charge >= 0.3 is 0 Å². The first kappa shape index (κ1) is 6.85. The van der Waals surface area contributed by atoms with Gasteiger partial charge in [0.25, 0.3) is 0 Å². The summed E-state index contributed by atoms with van der Waals surface area (Å²) in [5.41, 5.74) is -0.760.